The summed E-state index contributed by atoms with van der Waals surface area (Å²) in [5, 5.41) is 1.73. The average molecular weight is 299 g/mol. The van der Waals surface area contributed by atoms with Crippen molar-refractivity contribution in [1.82, 2.24) is 5.06 Å². The van der Waals surface area contributed by atoms with Crippen molar-refractivity contribution in [3.8, 4) is 0 Å². The minimum absolute atomic E-state index is 0.0436. The highest BCUT2D eigenvalue weighted by Crippen LogP contribution is 2.13. The summed E-state index contributed by atoms with van der Waals surface area (Å²) in [4.78, 5) is 16.8. The van der Waals surface area contributed by atoms with Gasteiger partial charge in [-0.15, -0.1) is 5.06 Å². The summed E-state index contributed by atoms with van der Waals surface area (Å²) < 4.78 is 5.30. The van der Waals surface area contributed by atoms with Crippen molar-refractivity contribution in [3.63, 3.8) is 0 Å². The summed E-state index contributed by atoms with van der Waals surface area (Å²) in [6, 6.07) is 0. The number of hydroxylamine groups is 2. The Balaban J connectivity index is 1.96. The number of hydrogen-bond donors (Lipinski definition) is 0. The molecule has 0 bridgehead atoms. The maximum atomic E-state index is 11.6. The predicted molar refractivity (Wildman–Crippen MR) is 85.1 cm³/mol. The van der Waals surface area contributed by atoms with Crippen molar-refractivity contribution < 1.29 is 14.4 Å². The lowest BCUT2D eigenvalue weighted by molar-refractivity contribution is -0.142. The lowest BCUT2D eigenvalue weighted by Crippen LogP contribution is -2.33. The summed E-state index contributed by atoms with van der Waals surface area (Å²) in [6.45, 7) is 5.86. The van der Waals surface area contributed by atoms with Crippen LogP contribution in [0.4, 0.5) is 4.79 Å². The van der Waals surface area contributed by atoms with Crippen LogP contribution in [-0.2, 0) is 9.57 Å². The molecule has 1 atom stereocenters. The van der Waals surface area contributed by atoms with Crippen molar-refractivity contribution in [2.24, 2.45) is 0 Å². The van der Waals surface area contributed by atoms with Gasteiger partial charge in [0.15, 0.2) is 0 Å². The smallest absolute Gasteiger partial charge is 0.430 e. The Morgan fingerprint density at radius 1 is 1.00 bits per heavy atom. The van der Waals surface area contributed by atoms with E-state index in [0.29, 0.717) is 0 Å². The first kappa shape index (κ1) is 18.3. The molecule has 0 saturated carbocycles. The van der Waals surface area contributed by atoms with Gasteiger partial charge in [0.05, 0.1) is 0 Å². The van der Waals surface area contributed by atoms with Crippen LogP contribution in [0.15, 0.2) is 0 Å². The fourth-order valence-corrected chi connectivity index (χ4v) is 2.70. The summed E-state index contributed by atoms with van der Waals surface area (Å²) >= 11 is 0. The molecule has 1 fully saturated rings. The number of hydrogen-bond acceptors (Lipinski definition) is 4. The summed E-state index contributed by atoms with van der Waals surface area (Å²) in [5.41, 5.74) is 0. The van der Waals surface area contributed by atoms with E-state index < -0.39 is 6.16 Å². The lowest BCUT2D eigenvalue weighted by Gasteiger charge is -2.25. The molecule has 0 spiro atoms. The SMILES string of the molecule is CCCCCCCCCC(C)OC(=O)ON1CCCCC1. The molecule has 21 heavy (non-hydrogen) atoms. The zero-order chi connectivity index (χ0) is 15.3. The summed E-state index contributed by atoms with van der Waals surface area (Å²) in [7, 11) is 0. The molecule has 1 saturated heterocycles. The van der Waals surface area contributed by atoms with Gasteiger partial charge in [-0.1, -0.05) is 51.9 Å². The Bertz CT molecular complexity index is 265. The van der Waals surface area contributed by atoms with E-state index in [1.165, 1.54) is 44.9 Å². The third kappa shape index (κ3) is 9.72. The molecule has 0 N–H and O–H groups in total. The molecule has 0 aromatic heterocycles. The van der Waals surface area contributed by atoms with Crippen LogP contribution in [0.25, 0.3) is 0 Å². The minimum atomic E-state index is -0.535. The number of carbonyl (C=O) groups excluding carboxylic acids is 1. The van der Waals surface area contributed by atoms with Gasteiger partial charge in [0.2, 0.25) is 0 Å². The average Bonchev–Trinajstić information content (AvgIpc) is 2.47. The van der Waals surface area contributed by atoms with Gasteiger partial charge in [0.1, 0.15) is 6.10 Å². The molecule has 0 radical (unpaired) electrons. The van der Waals surface area contributed by atoms with Crippen LogP contribution in [0.3, 0.4) is 0 Å². The van der Waals surface area contributed by atoms with Crippen LogP contribution in [-0.4, -0.2) is 30.4 Å². The standard InChI is InChI=1S/C17H33NO3/c1-3-4-5-6-7-8-10-13-16(2)20-17(19)21-18-14-11-9-12-15-18/h16H,3-15H2,1-2H3. The topological polar surface area (TPSA) is 38.8 Å². The van der Waals surface area contributed by atoms with Crippen LogP contribution < -0.4 is 0 Å². The van der Waals surface area contributed by atoms with Crippen molar-refractivity contribution in [3.05, 3.63) is 0 Å². The number of piperidine rings is 1. The van der Waals surface area contributed by atoms with Gasteiger partial charge < -0.3 is 9.57 Å². The van der Waals surface area contributed by atoms with E-state index in [2.05, 4.69) is 6.92 Å². The molecule has 0 aromatic carbocycles. The Morgan fingerprint density at radius 2 is 1.62 bits per heavy atom. The molecule has 1 aliphatic heterocycles. The maximum Gasteiger partial charge on any atom is 0.528 e. The largest absolute Gasteiger partial charge is 0.528 e. The third-order valence-electron chi connectivity index (χ3n) is 4.03. The van der Waals surface area contributed by atoms with Gasteiger partial charge in [-0.2, -0.15) is 0 Å². The van der Waals surface area contributed by atoms with Gasteiger partial charge >= 0.3 is 6.16 Å². The van der Waals surface area contributed by atoms with E-state index in [1.807, 2.05) is 6.92 Å². The first-order chi connectivity index (χ1) is 10.2. The highest BCUT2D eigenvalue weighted by atomic mass is 16.8. The van der Waals surface area contributed by atoms with Crippen molar-refractivity contribution in [2.45, 2.75) is 90.6 Å². The van der Waals surface area contributed by atoms with Crippen molar-refractivity contribution in [1.29, 1.82) is 0 Å². The molecule has 4 nitrogen and oxygen atoms in total. The van der Waals surface area contributed by atoms with E-state index in [0.717, 1.165) is 38.8 Å². The Morgan fingerprint density at radius 3 is 2.29 bits per heavy atom. The zero-order valence-corrected chi connectivity index (χ0v) is 13.9. The quantitative estimate of drug-likeness (QED) is 0.417. The fraction of sp³-hybridized carbons (Fsp3) is 0.941. The minimum Gasteiger partial charge on any atom is -0.430 e. The fourth-order valence-electron chi connectivity index (χ4n) is 2.70. The predicted octanol–water partition coefficient (Wildman–Crippen LogP) is 5.07. The summed E-state index contributed by atoms with van der Waals surface area (Å²) in [5.74, 6) is 0. The lowest BCUT2D eigenvalue weighted by atomic mass is 10.1. The number of ether oxygens (including phenoxy) is 1. The number of nitrogens with zero attached hydrogens (tertiary/aromatic N) is 1. The van der Waals surface area contributed by atoms with E-state index >= 15 is 0 Å². The maximum absolute atomic E-state index is 11.6. The summed E-state index contributed by atoms with van der Waals surface area (Å²) in [6.07, 6.45) is 12.8. The van der Waals surface area contributed by atoms with E-state index in [-0.39, 0.29) is 6.10 Å². The molecular formula is C17H33NO3. The van der Waals surface area contributed by atoms with Crippen LogP contribution in [0.2, 0.25) is 0 Å². The highest BCUT2D eigenvalue weighted by Gasteiger charge is 2.17. The first-order valence-corrected chi connectivity index (χ1v) is 8.86. The molecular weight excluding hydrogens is 266 g/mol. The normalized spacial score (nSPS) is 17.4. The Hall–Kier alpha value is -0.770. The molecule has 124 valence electrons. The van der Waals surface area contributed by atoms with Crippen LogP contribution in [0, 0.1) is 0 Å². The Kier molecular flexibility index (Phi) is 10.3. The molecule has 1 heterocycles. The molecule has 1 aliphatic rings. The van der Waals surface area contributed by atoms with Gasteiger partial charge in [-0.3, -0.25) is 0 Å². The second-order valence-electron chi connectivity index (χ2n) is 6.17. The number of carbonyl (C=O) groups is 1. The second kappa shape index (κ2) is 11.8. The second-order valence-corrected chi connectivity index (χ2v) is 6.17. The molecule has 0 aliphatic carbocycles. The van der Waals surface area contributed by atoms with E-state index in [9.17, 15) is 4.79 Å². The number of rotatable bonds is 10. The first-order valence-electron chi connectivity index (χ1n) is 8.86. The van der Waals surface area contributed by atoms with Crippen LogP contribution in [0.5, 0.6) is 0 Å². The molecule has 0 amide bonds. The molecule has 0 aromatic rings. The van der Waals surface area contributed by atoms with Gasteiger partial charge in [-0.05, 0) is 32.6 Å². The Labute approximate surface area is 130 Å². The highest BCUT2D eigenvalue weighted by molar-refractivity contribution is 5.59. The van der Waals surface area contributed by atoms with Gasteiger partial charge in [0, 0.05) is 13.1 Å². The van der Waals surface area contributed by atoms with Crippen molar-refractivity contribution in [2.75, 3.05) is 13.1 Å². The van der Waals surface area contributed by atoms with Gasteiger partial charge in [-0.25, -0.2) is 4.79 Å². The third-order valence-corrected chi connectivity index (χ3v) is 4.03. The molecule has 1 unspecified atom stereocenters. The van der Waals surface area contributed by atoms with E-state index in [1.54, 1.807) is 5.06 Å². The number of unbranched alkanes of at least 4 members (excludes halogenated alkanes) is 6. The van der Waals surface area contributed by atoms with Crippen molar-refractivity contribution >= 4 is 6.16 Å². The molecule has 1 rings (SSSR count). The zero-order valence-electron chi connectivity index (χ0n) is 13.9. The molecule has 4 heteroatoms. The van der Waals surface area contributed by atoms with Crippen LogP contribution >= 0.6 is 0 Å². The van der Waals surface area contributed by atoms with Gasteiger partial charge in [0.25, 0.3) is 0 Å². The van der Waals surface area contributed by atoms with E-state index in [4.69, 9.17) is 9.57 Å². The van der Waals surface area contributed by atoms with Crippen LogP contribution in [0.1, 0.15) is 84.5 Å². The monoisotopic (exact) mass is 299 g/mol.